The van der Waals surface area contributed by atoms with Gasteiger partial charge in [0.25, 0.3) is 0 Å². The normalized spacial score (nSPS) is 20.8. The molecule has 1 unspecified atom stereocenters. The SMILES string of the molecule is CSCc1cc(NC2CCCC2)c2[nH]c(C3=NC(CCO)CS3)cc2c1. The third kappa shape index (κ3) is 3.92. The van der Waals surface area contributed by atoms with Crippen LogP contribution in [0.1, 0.15) is 43.4 Å². The fraction of sp³-hybridized carbons (Fsp3) is 0.550. The smallest absolute Gasteiger partial charge is 0.114 e. The van der Waals surface area contributed by atoms with Crippen LogP contribution in [-0.2, 0) is 5.75 Å². The van der Waals surface area contributed by atoms with E-state index >= 15 is 0 Å². The summed E-state index contributed by atoms with van der Waals surface area (Å²) in [6.45, 7) is 0.211. The molecule has 0 spiro atoms. The van der Waals surface area contributed by atoms with Crippen molar-refractivity contribution in [1.82, 2.24) is 4.98 Å². The Labute approximate surface area is 163 Å². The summed E-state index contributed by atoms with van der Waals surface area (Å²) in [5, 5.41) is 15.3. The number of aliphatic hydroxyl groups excluding tert-OH is 1. The number of benzene rings is 1. The minimum absolute atomic E-state index is 0.211. The summed E-state index contributed by atoms with van der Waals surface area (Å²) < 4.78 is 0. The summed E-state index contributed by atoms with van der Waals surface area (Å²) in [7, 11) is 0. The van der Waals surface area contributed by atoms with E-state index in [4.69, 9.17) is 10.1 Å². The number of aromatic nitrogens is 1. The molecular weight excluding hydrogens is 362 g/mol. The standard InChI is InChI=1S/C20H27N3OS2/c1-25-11-13-8-14-10-18(20-22-16(6-7-24)12-26-20)23-19(14)17(9-13)21-15-4-2-3-5-15/h8-10,15-16,21,23-24H,2-7,11-12H2,1H3. The molecular formula is C20H27N3OS2. The highest BCUT2D eigenvalue weighted by Gasteiger charge is 2.22. The third-order valence-corrected chi connectivity index (χ3v) is 6.99. The van der Waals surface area contributed by atoms with Crippen LogP contribution >= 0.6 is 23.5 Å². The molecule has 2 aromatic rings. The molecule has 1 atom stereocenters. The highest BCUT2D eigenvalue weighted by molar-refractivity contribution is 8.14. The molecule has 1 aromatic heterocycles. The number of aliphatic hydroxyl groups is 1. The van der Waals surface area contributed by atoms with E-state index < -0.39 is 0 Å². The highest BCUT2D eigenvalue weighted by atomic mass is 32.2. The molecule has 2 heterocycles. The topological polar surface area (TPSA) is 60.4 Å². The van der Waals surface area contributed by atoms with Crippen LogP contribution in [0.5, 0.6) is 0 Å². The van der Waals surface area contributed by atoms with Gasteiger partial charge >= 0.3 is 0 Å². The Kier molecular flexibility index (Phi) is 5.81. The first kappa shape index (κ1) is 18.3. The number of nitrogens with one attached hydrogen (secondary N) is 2. The van der Waals surface area contributed by atoms with Crippen molar-refractivity contribution < 1.29 is 5.11 Å². The number of anilines is 1. The molecule has 1 aliphatic heterocycles. The number of rotatable bonds is 7. The molecule has 140 valence electrons. The largest absolute Gasteiger partial charge is 0.396 e. The van der Waals surface area contributed by atoms with Gasteiger partial charge in [0.15, 0.2) is 0 Å². The monoisotopic (exact) mass is 389 g/mol. The van der Waals surface area contributed by atoms with Gasteiger partial charge < -0.3 is 15.4 Å². The molecule has 0 saturated heterocycles. The Morgan fingerprint density at radius 3 is 2.92 bits per heavy atom. The van der Waals surface area contributed by atoms with Gasteiger partial charge in [-0.05, 0) is 49.3 Å². The van der Waals surface area contributed by atoms with Crippen LogP contribution in [0.15, 0.2) is 23.2 Å². The number of fused-ring (bicyclic) bond motifs is 1. The van der Waals surface area contributed by atoms with Crippen molar-refractivity contribution >= 4 is 45.2 Å². The van der Waals surface area contributed by atoms with Gasteiger partial charge in [-0.1, -0.05) is 12.8 Å². The van der Waals surface area contributed by atoms with E-state index in [1.54, 1.807) is 11.8 Å². The van der Waals surface area contributed by atoms with E-state index in [1.165, 1.54) is 47.8 Å². The molecule has 1 fully saturated rings. The quantitative estimate of drug-likeness (QED) is 0.646. The van der Waals surface area contributed by atoms with Gasteiger partial charge in [0.2, 0.25) is 0 Å². The molecule has 0 bridgehead atoms. The van der Waals surface area contributed by atoms with Crippen molar-refractivity contribution in [3.8, 4) is 0 Å². The van der Waals surface area contributed by atoms with E-state index in [2.05, 4.69) is 34.8 Å². The lowest BCUT2D eigenvalue weighted by Crippen LogP contribution is -2.14. The van der Waals surface area contributed by atoms with Crippen molar-refractivity contribution in [2.24, 2.45) is 4.99 Å². The number of hydrogen-bond acceptors (Lipinski definition) is 5. The Morgan fingerprint density at radius 2 is 2.15 bits per heavy atom. The summed E-state index contributed by atoms with van der Waals surface area (Å²) in [5.41, 5.74) is 4.92. The second kappa shape index (κ2) is 8.28. The van der Waals surface area contributed by atoms with Gasteiger partial charge in [-0.2, -0.15) is 11.8 Å². The second-order valence-electron chi connectivity index (χ2n) is 7.26. The van der Waals surface area contributed by atoms with Gasteiger partial charge in [-0.25, -0.2) is 0 Å². The van der Waals surface area contributed by atoms with Crippen molar-refractivity contribution in [1.29, 1.82) is 0 Å². The molecule has 1 saturated carbocycles. The van der Waals surface area contributed by atoms with Gasteiger partial charge in [-0.3, -0.25) is 4.99 Å². The van der Waals surface area contributed by atoms with Crippen molar-refractivity contribution in [3.63, 3.8) is 0 Å². The predicted molar refractivity (Wildman–Crippen MR) is 116 cm³/mol. The lowest BCUT2D eigenvalue weighted by Gasteiger charge is -2.15. The van der Waals surface area contributed by atoms with E-state index in [0.717, 1.165) is 28.7 Å². The van der Waals surface area contributed by atoms with Gasteiger partial charge in [0.1, 0.15) is 5.04 Å². The van der Waals surface area contributed by atoms with Crippen LogP contribution in [0.25, 0.3) is 10.9 Å². The van der Waals surface area contributed by atoms with Crippen LogP contribution in [0.3, 0.4) is 0 Å². The highest BCUT2D eigenvalue weighted by Crippen LogP contribution is 2.33. The average molecular weight is 390 g/mol. The number of aromatic amines is 1. The van der Waals surface area contributed by atoms with Crippen LogP contribution in [-0.4, -0.2) is 45.8 Å². The zero-order valence-electron chi connectivity index (χ0n) is 15.3. The number of hydrogen-bond donors (Lipinski definition) is 3. The number of H-pyrrole nitrogens is 1. The molecule has 6 heteroatoms. The summed E-state index contributed by atoms with van der Waals surface area (Å²) in [6, 6.07) is 7.70. The minimum Gasteiger partial charge on any atom is -0.396 e. The first-order valence-corrected chi connectivity index (χ1v) is 11.9. The lowest BCUT2D eigenvalue weighted by molar-refractivity contribution is 0.280. The molecule has 0 amide bonds. The van der Waals surface area contributed by atoms with Crippen molar-refractivity contribution in [2.45, 2.75) is 49.9 Å². The Morgan fingerprint density at radius 1 is 1.31 bits per heavy atom. The fourth-order valence-corrected chi connectivity index (χ4v) is 5.52. The Bertz CT molecular complexity index is 796. The van der Waals surface area contributed by atoms with E-state index in [0.29, 0.717) is 6.04 Å². The molecule has 0 radical (unpaired) electrons. The molecule has 4 rings (SSSR count). The maximum atomic E-state index is 9.15. The molecule has 1 aliphatic carbocycles. The van der Waals surface area contributed by atoms with Crippen molar-refractivity contribution in [3.05, 3.63) is 29.5 Å². The Balaban J connectivity index is 1.67. The average Bonchev–Trinajstić information content (AvgIpc) is 3.35. The number of nitrogens with zero attached hydrogens (tertiary/aromatic N) is 1. The molecule has 3 N–H and O–H groups in total. The van der Waals surface area contributed by atoms with Gasteiger partial charge in [0.05, 0.1) is 22.9 Å². The maximum Gasteiger partial charge on any atom is 0.114 e. The van der Waals surface area contributed by atoms with Crippen LogP contribution in [0.2, 0.25) is 0 Å². The summed E-state index contributed by atoms with van der Waals surface area (Å²) in [6.07, 6.45) is 8.12. The summed E-state index contributed by atoms with van der Waals surface area (Å²) in [5.74, 6) is 2.00. The van der Waals surface area contributed by atoms with E-state index in [-0.39, 0.29) is 12.6 Å². The molecule has 1 aromatic carbocycles. The number of aliphatic imine (C=N–C) groups is 1. The zero-order chi connectivity index (χ0) is 17.9. The first-order chi connectivity index (χ1) is 12.8. The van der Waals surface area contributed by atoms with E-state index in [9.17, 15) is 0 Å². The van der Waals surface area contributed by atoms with Crippen molar-refractivity contribution in [2.75, 3.05) is 23.9 Å². The molecule has 26 heavy (non-hydrogen) atoms. The number of thioether (sulfide) groups is 2. The van der Waals surface area contributed by atoms with Gasteiger partial charge in [0, 0.05) is 29.5 Å². The van der Waals surface area contributed by atoms with Crippen LogP contribution < -0.4 is 5.32 Å². The predicted octanol–water partition coefficient (Wildman–Crippen LogP) is 4.63. The van der Waals surface area contributed by atoms with E-state index in [1.807, 2.05) is 11.8 Å². The maximum absolute atomic E-state index is 9.15. The fourth-order valence-electron chi connectivity index (χ4n) is 3.94. The van der Waals surface area contributed by atoms with Gasteiger partial charge in [-0.15, -0.1) is 11.8 Å². The Hall–Kier alpha value is -1.11. The first-order valence-electron chi connectivity index (χ1n) is 9.50. The molecule has 2 aliphatic rings. The third-order valence-electron chi connectivity index (χ3n) is 5.22. The lowest BCUT2D eigenvalue weighted by atomic mass is 10.1. The minimum atomic E-state index is 0.211. The van der Waals surface area contributed by atoms with Crippen LogP contribution in [0.4, 0.5) is 5.69 Å². The zero-order valence-corrected chi connectivity index (χ0v) is 16.9. The second-order valence-corrected chi connectivity index (χ2v) is 9.14. The van der Waals surface area contributed by atoms with Crippen LogP contribution in [0, 0.1) is 0 Å². The summed E-state index contributed by atoms with van der Waals surface area (Å²) >= 11 is 3.66. The molecule has 4 nitrogen and oxygen atoms in total. The summed E-state index contributed by atoms with van der Waals surface area (Å²) in [4.78, 5) is 8.43.